The SMILES string of the molecule is CC(=O)N1CCC2(CC1)Oc1ccccc1[C@@H]1CC(c3ccc(Oc4ccccc4)cc3)=NN12. The lowest BCUT2D eigenvalue weighted by atomic mass is 9.90. The van der Waals surface area contributed by atoms with Crippen LogP contribution in [0.2, 0.25) is 0 Å². The third-order valence-electron chi connectivity index (χ3n) is 7.06. The van der Waals surface area contributed by atoms with Crippen molar-refractivity contribution in [2.75, 3.05) is 13.1 Å². The smallest absolute Gasteiger partial charge is 0.219 e. The number of piperidine rings is 1. The molecule has 1 spiro atoms. The van der Waals surface area contributed by atoms with Gasteiger partial charge in [-0.1, -0.05) is 36.4 Å². The predicted octanol–water partition coefficient (Wildman–Crippen LogP) is 5.36. The number of ether oxygens (including phenoxy) is 2. The largest absolute Gasteiger partial charge is 0.466 e. The van der Waals surface area contributed by atoms with E-state index in [-0.39, 0.29) is 11.9 Å². The number of hydrogen-bond donors (Lipinski definition) is 0. The number of fused-ring (bicyclic) bond motifs is 4. The Morgan fingerprint density at radius 2 is 1.62 bits per heavy atom. The van der Waals surface area contributed by atoms with Crippen LogP contribution in [-0.4, -0.2) is 40.3 Å². The highest BCUT2D eigenvalue weighted by Crippen LogP contribution is 2.49. The lowest BCUT2D eigenvalue weighted by molar-refractivity contribution is -0.158. The molecule has 6 heteroatoms. The second-order valence-corrected chi connectivity index (χ2v) is 9.14. The third-order valence-corrected chi connectivity index (χ3v) is 7.06. The van der Waals surface area contributed by atoms with Gasteiger partial charge in [0.1, 0.15) is 17.2 Å². The summed E-state index contributed by atoms with van der Waals surface area (Å²) in [5.74, 6) is 2.67. The molecule has 1 amide bonds. The van der Waals surface area contributed by atoms with Gasteiger partial charge < -0.3 is 14.4 Å². The van der Waals surface area contributed by atoms with Crippen LogP contribution in [-0.2, 0) is 4.79 Å². The highest BCUT2D eigenvalue weighted by Gasteiger charge is 2.52. The van der Waals surface area contributed by atoms with E-state index in [0.717, 1.165) is 47.8 Å². The first kappa shape index (κ1) is 20.8. The van der Waals surface area contributed by atoms with E-state index in [9.17, 15) is 4.79 Å². The van der Waals surface area contributed by atoms with Crippen LogP contribution >= 0.6 is 0 Å². The molecule has 0 bridgehead atoms. The summed E-state index contributed by atoms with van der Waals surface area (Å²) in [5.41, 5.74) is 2.78. The molecule has 0 N–H and O–H groups in total. The zero-order valence-electron chi connectivity index (χ0n) is 19.2. The van der Waals surface area contributed by atoms with Gasteiger partial charge in [-0.05, 0) is 48.0 Å². The maximum atomic E-state index is 11.9. The number of likely N-dealkylation sites (tertiary alicyclic amines) is 1. The molecule has 3 aliphatic rings. The van der Waals surface area contributed by atoms with E-state index in [1.165, 1.54) is 5.56 Å². The Labute approximate surface area is 199 Å². The predicted molar refractivity (Wildman–Crippen MR) is 130 cm³/mol. The number of carbonyl (C=O) groups excluding carboxylic acids is 1. The van der Waals surface area contributed by atoms with E-state index < -0.39 is 5.72 Å². The van der Waals surface area contributed by atoms with Crippen LogP contribution in [0, 0.1) is 0 Å². The molecule has 172 valence electrons. The Bertz CT molecular complexity index is 1230. The minimum Gasteiger partial charge on any atom is -0.466 e. The van der Waals surface area contributed by atoms with Crippen molar-refractivity contribution in [1.29, 1.82) is 0 Å². The monoisotopic (exact) mass is 453 g/mol. The second-order valence-electron chi connectivity index (χ2n) is 9.14. The Balaban J connectivity index is 1.29. The molecular formula is C28H27N3O3. The summed E-state index contributed by atoms with van der Waals surface area (Å²) >= 11 is 0. The Morgan fingerprint density at radius 1 is 0.941 bits per heavy atom. The molecule has 3 heterocycles. The Morgan fingerprint density at radius 3 is 2.35 bits per heavy atom. The van der Waals surface area contributed by atoms with E-state index >= 15 is 0 Å². The maximum Gasteiger partial charge on any atom is 0.219 e. The first-order valence-electron chi connectivity index (χ1n) is 11.8. The number of amides is 1. The van der Waals surface area contributed by atoms with Gasteiger partial charge in [0.25, 0.3) is 0 Å². The number of hydrogen-bond acceptors (Lipinski definition) is 5. The van der Waals surface area contributed by atoms with Gasteiger partial charge in [-0.3, -0.25) is 4.79 Å². The van der Waals surface area contributed by atoms with E-state index in [1.54, 1.807) is 6.92 Å². The summed E-state index contributed by atoms with van der Waals surface area (Å²) in [6.45, 7) is 2.99. The van der Waals surface area contributed by atoms with Gasteiger partial charge in [0.2, 0.25) is 11.6 Å². The van der Waals surface area contributed by atoms with Crippen LogP contribution in [0.4, 0.5) is 0 Å². The zero-order chi connectivity index (χ0) is 23.1. The van der Waals surface area contributed by atoms with Crippen LogP contribution in [0.25, 0.3) is 0 Å². The minimum absolute atomic E-state index is 0.117. The zero-order valence-corrected chi connectivity index (χ0v) is 19.2. The van der Waals surface area contributed by atoms with Crippen molar-refractivity contribution in [2.24, 2.45) is 5.10 Å². The normalized spacial score (nSPS) is 20.3. The molecule has 0 aromatic heterocycles. The summed E-state index contributed by atoms with van der Waals surface area (Å²) in [5, 5.41) is 7.30. The first-order chi connectivity index (χ1) is 16.6. The van der Waals surface area contributed by atoms with E-state index in [0.29, 0.717) is 13.1 Å². The average Bonchev–Trinajstić information content (AvgIpc) is 3.33. The van der Waals surface area contributed by atoms with Gasteiger partial charge >= 0.3 is 0 Å². The van der Waals surface area contributed by atoms with Crippen LogP contribution in [0.5, 0.6) is 17.2 Å². The molecule has 3 aromatic carbocycles. The molecule has 0 radical (unpaired) electrons. The number of rotatable bonds is 3. The van der Waals surface area contributed by atoms with Crippen molar-refractivity contribution in [3.8, 4) is 17.2 Å². The number of para-hydroxylation sites is 2. The number of benzene rings is 3. The van der Waals surface area contributed by atoms with Crippen LogP contribution < -0.4 is 9.47 Å². The number of carbonyl (C=O) groups is 1. The summed E-state index contributed by atoms with van der Waals surface area (Å²) in [4.78, 5) is 13.8. The van der Waals surface area contributed by atoms with Crippen molar-refractivity contribution in [1.82, 2.24) is 9.91 Å². The first-order valence-corrected chi connectivity index (χ1v) is 11.8. The van der Waals surface area contributed by atoms with Gasteiger partial charge in [0, 0.05) is 44.8 Å². The molecule has 3 aliphatic heterocycles. The van der Waals surface area contributed by atoms with E-state index in [2.05, 4.69) is 35.3 Å². The molecule has 0 aliphatic carbocycles. The quantitative estimate of drug-likeness (QED) is 0.536. The van der Waals surface area contributed by atoms with Crippen molar-refractivity contribution in [2.45, 2.75) is 38.0 Å². The molecule has 0 saturated carbocycles. The standard InChI is InChI=1S/C28H27N3O3/c1-20(32)30-17-15-28(16-18-30)31-26(24-9-5-6-10-27(24)34-28)19-25(29-31)21-11-13-23(14-12-21)33-22-7-3-2-4-8-22/h2-14,26H,15-19H2,1H3/t26-/m0/s1. The topological polar surface area (TPSA) is 54.4 Å². The van der Waals surface area contributed by atoms with Crippen molar-refractivity contribution < 1.29 is 14.3 Å². The fraction of sp³-hybridized carbons (Fsp3) is 0.286. The minimum atomic E-state index is -0.525. The summed E-state index contributed by atoms with van der Waals surface area (Å²) < 4.78 is 12.6. The molecule has 1 fully saturated rings. The van der Waals surface area contributed by atoms with Gasteiger partial charge in [0.15, 0.2) is 0 Å². The fourth-order valence-corrected chi connectivity index (χ4v) is 5.24. The second kappa shape index (κ2) is 8.20. The molecule has 3 aromatic rings. The molecule has 1 saturated heterocycles. The van der Waals surface area contributed by atoms with Crippen LogP contribution in [0.15, 0.2) is 84.0 Å². The summed E-state index contributed by atoms with van der Waals surface area (Å²) in [7, 11) is 0. The number of hydrazone groups is 1. The van der Waals surface area contributed by atoms with Gasteiger partial charge in [-0.25, -0.2) is 5.01 Å². The van der Waals surface area contributed by atoms with Gasteiger partial charge in [-0.2, -0.15) is 5.10 Å². The average molecular weight is 454 g/mol. The molecule has 1 atom stereocenters. The van der Waals surface area contributed by atoms with Crippen LogP contribution in [0.1, 0.15) is 43.4 Å². The number of nitrogens with zero attached hydrogens (tertiary/aromatic N) is 3. The molecule has 6 rings (SSSR count). The van der Waals surface area contributed by atoms with Gasteiger partial charge in [-0.15, -0.1) is 0 Å². The van der Waals surface area contributed by atoms with E-state index in [4.69, 9.17) is 14.6 Å². The molecule has 0 unspecified atom stereocenters. The lowest BCUT2D eigenvalue weighted by Gasteiger charge is -2.51. The molecule has 34 heavy (non-hydrogen) atoms. The Hall–Kier alpha value is -3.80. The Kier molecular flexibility index (Phi) is 5.01. The molecule has 6 nitrogen and oxygen atoms in total. The highest BCUT2D eigenvalue weighted by atomic mass is 16.5. The van der Waals surface area contributed by atoms with Gasteiger partial charge in [0.05, 0.1) is 11.8 Å². The molecular weight excluding hydrogens is 426 g/mol. The van der Waals surface area contributed by atoms with Crippen molar-refractivity contribution >= 4 is 11.6 Å². The van der Waals surface area contributed by atoms with Crippen molar-refractivity contribution in [3.05, 3.63) is 90.0 Å². The third kappa shape index (κ3) is 3.59. The van der Waals surface area contributed by atoms with Crippen LogP contribution in [0.3, 0.4) is 0 Å². The summed E-state index contributed by atoms with van der Waals surface area (Å²) in [6.07, 6.45) is 2.29. The highest BCUT2D eigenvalue weighted by molar-refractivity contribution is 6.02. The van der Waals surface area contributed by atoms with Crippen molar-refractivity contribution in [3.63, 3.8) is 0 Å². The maximum absolute atomic E-state index is 11.9. The fourth-order valence-electron chi connectivity index (χ4n) is 5.24. The van der Waals surface area contributed by atoms with E-state index in [1.807, 2.05) is 53.4 Å². The summed E-state index contributed by atoms with van der Waals surface area (Å²) in [6, 6.07) is 26.3. The lowest BCUT2D eigenvalue weighted by Crippen LogP contribution is -2.59.